The molecule has 0 bridgehead atoms. The number of ether oxygens (including phenoxy) is 3. The zero-order valence-corrected chi connectivity index (χ0v) is 19.7. The Kier molecular flexibility index (Phi) is 7.21. The van der Waals surface area contributed by atoms with Crippen molar-refractivity contribution in [2.75, 3.05) is 32.0 Å². The molecule has 0 fully saturated rings. The molecule has 0 unspecified atom stereocenters. The van der Waals surface area contributed by atoms with Crippen LogP contribution < -0.4 is 24.8 Å². The van der Waals surface area contributed by atoms with Crippen LogP contribution in [0.5, 0.6) is 17.2 Å². The maximum atomic E-state index is 13.1. The first-order chi connectivity index (χ1) is 17.0. The lowest BCUT2D eigenvalue weighted by Crippen LogP contribution is -2.17. The number of fused-ring (bicyclic) bond motifs is 1. The van der Waals surface area contributed by atoms with Crippen LogP contribution in [0, 0.1) is 0 Å². The van der Waals surface area contributed by atoms with Gasteiger partial charge in [0.2, 0.25) is 11.7 Å². The summed E-state index contributed by atoms with van der Waals surface area (Å²) in [4.78, 5) is 25.9. The van der Waals surface area contributed by atoms with E-state index in [-0.39, 0.29) is 18.1 Å². The number of amides is 2. The molecule has 0 saturated carbocycles. The SMILES string of the molecule is COc1ccc(CCC(=O)Nc2c(C(=O)Nc3ccc(OC)c(OC)c3)oc3ccccc23)cc1. The molecule has 1 heterocycles. The molecule has 4 rings (SSSR count). The quantitative estimate of drug-likeness (QED) is 0.342. The van der Waals surface area contributed by atoms with E-state index in [1.54, 1.807) is 43.5 Å². The van der Waals surface area contributed by atoms with E-state index in [4.69, 9.17) is 18.6 Å². The number of carbonyl (C=O) groups is 2. The molecular formula is C27H26N2O6. The maximum absolute atomic E-state index is 13.1. The van der Waals surface area contributed by atoms with Crippen molar-refractivity contribution in [2.24, 2.45) is 0 Å². The van der Waals surface area contributed by atoms with Crippen molar-refractivity contribution in [1.82, 2.24) is 0 Å². The van der Waals surface area contributed by atoms with E-state index < -0.39 is 5.91 Å². The van der Waals surface area contributed by atoms with Crippen molar-refractivity contribution in [3.8, 4) is 17.2 Å². The average Bonchev–Trinajstić information content (AvgIpc) is 3.26. The van der Waals surface area contributed by atoms with Crippen molar-refractivity contribution in [1.29, 1.82) is 0 Å². The summed E-state index contributed by atoms with van der Waals surface area (Å²) in [5.41, 5.74) is 2.32. The van der Waals surface area contributed by atoms with Crippen LogP contribution >= 0.6 is 0 Å². The summed E-state index contributed by atoms with van der Waals surface area (Å²) in [6.07, 6.45) is 0.779. The Hall–Kier alpha value is -4.46. The van der Waals surface area contributed by atoms with Crippen LogP contribution in [-0.4, -0.2) is 33.1 Å². The monoisotopic (exact) mass is 474 g/mol. The fraction of sp³-hybridized carbons (Fsp3) is 0.185. The third-order valence-corrected chi connectivity index (χ3v) is 5.51. The van der Waals surface area contributed by atoms with Gasteiger partial charge < -0.3 is 29.3 Å². The van der Waals surface area contributed by atoms with Crippen LogP contribution in [0.1, 0.15) is 22.5 Å². The Bertz CT molecular complexity index is 1340. The zero-order valence-electron chi connectivity index (χ0n) is 19.7. The first-order valence-electron chi connectivity index (χ1n) is 11.0. The van der Waals surface area contributed by atoms with Gasteiger partial charge in [0.15, 0.2) is 11.5 Å². The van der Waals surface area contributed by atoms with Crippen molar-refractivity contribution in [3.05, 3.63) is 78.1 Å². The van der Waals surface area contributed by atoms with Gasteiger partial charge in [0.05, 0.1) is 21.3 Å². The van der Waals surface area contributed by atoms with Gasteiger partial charge >= 0.3 is 0 Å². The minimum Gasteiger partial charge on any atom is -0.497 e. The van der Waals surface area contributed by atoms with Gasteiger partial charge in [-0.2, -0.15) is 0 Å². The number of para-hydroxylation sites is 1. The van der Waals surface area contributed by atoms with Crippen LogP contribution in [0.3, 0.4) is 0 Å². The van der Waals surface area contributed by atoms with Crippen LogP contribution in [0.25, 0.3) is 11.0 Å². The first-order valence-corrected chi connectivity index (χ1v) is 11.0. The molecule has 0 aliphatic carbocycles. The lowest BCUT2D eigenvalue weighted by atomic mass is 10.1. The van der Waals surface area contributed by atoms with Gasteiger partial charge in [0, 0.05) is 23.6 Å². The second-order valence-corrected chi connectivity index (χ2v) is 7.72. The number of aryl methyl sites for hydroxylation is 1. The number of hydrogen-bond donors (Lipinski definition) is 2. The number of nitrogens with one attached hydrogen (secondary N) is 2. The molecule has 0 radical (unpaired) electrons. The lowest BCUT2D eigenvalue weighted by molar-refractivity contribution is -0.116. The summed E-state index contributed by atoms with van der Waals surface area (Å²) in [5, 5.41) is 6.31. The molecule has 8 nitrogen and oxygen atoms in total. The molecule has 4 aromatic rings. The fourth-order valence-electron chi connectivity index (χ4n) is 3.68. The van der Waals surface area contributed by atoms with Crippen molar-refractivity contribution < 1.29 is 28.2 Å². The van der Waals surface area contributed by atoms with Crippen molar-refractivity contribution in [2.45, 2.75) is 12.8 Å². The molecule has 35 heavy (non-hydrogen) atoms. The van der Waals surface area contributed by atoms with E-state index in [0.717, 1.165) is 11.3 Å². The van der Waals surface area contributed by atoms with Crippen molar-refractivity contribution >= 4 is 34.2 Å². The Morgan fingerprint density at radius 1 is 0.829 bits per heavy atom. The smallest absolute Gasteiger partial charge is 0.293 e. The molecule has 180 valence electrons. The minimum atomic E-state index is -0.501. The highest BCUT2D eigenvalue weighted by atomic mass is 16.5. The van der Waals surface area contributed by atoms with Gasteiger partial charge in [0.1, 0.15) is 17.0 Å². The molecule has 3 aromatic carbocycles. The summed E-state index contributed by atoms with van der Waals surface area (Å²) >= 11 is 0. The number of hydrogen-bond acceptors (Lipinski definition) is 6. The molecule has 0 aliphatic rings. The van der Waals surface area contributed by atoms with Gasteiger partial charge in [-0.05, 0) is 48.4 Å². The van der Waals surface area contributed by atoms with Crippen molar-refractivity contribution in [3.63, 3.8) is 0 Å². The summed E-state index contributed by atoms with van der Waals surface area (Å²) in [5.74, 6) is 1.06. The molecule has 8 heteroatoms. The van der Waals surface area contributed by atoms with Crippen LogP contribution in [0.2, 0.25) is 0 Å². The maximum Gasteiger partial charge on any atom is 0.293 e. The Morgan fingerprint density at radius 2 is 1.57 bits per heavy atom. The second kappa shape index (κ2) is 10.6. The number of benzene rings is 3. The molecule has 0 saturated heterocycles. The highest BCUT2D eigenvalue weighted by Crippen LogP contribution is 2.33. The van der Waals surface area contributed by atoms with E-state index in [9.17, 15) is 9.59 Å². The molecule has 0 aliphatic heterocycles. The van der Waals surface area contributed by atoms with Gasteiger partial charge in [0.25, 0.3) is 5.91 Å². The standard InChI is InChI=1S/C27H26N2O6/c1-32-19-12-8-17(9-13-19)10-15-24(30)29-25-20-6-4-5-7-21(20)35-26(25)27(31)28-18-11-14-22(33-2)23(16-18)34-3/h4-9,11-14,16H,10,15H2,1-3H3,(H,28,31)(H,29,30). The van der Waals surface area contributed by atoms with Gasteiger partial charge in [-0.15, -0.1) is 0 Å². The van der Waals surface area contributed by atoms with Gasteiger partial charge in [-0.1, -0.05) is 24.3 Å². The third-order valence-electron chi connectivity index (χ3n) is 5.51. The van der Waals surface area contributed by atoms with E-state index in [1.165, 1.54) is 14.2 Å². The van der Waals surface area contributed by atoms with Crippen LogP contribution in [0.15, 0.2) is 71.1 Å². The predicted molar refractivity (Wildman–Crippen MR) is 134 cm³/mol. The molecule has 2 N–H and O–H groups in total. The third kappa shape index (κ3) is 5.38. The summed E-state index contributed by atoms with van der Waals surface area (Å²) in [6.45, 7) is 0. The predicted octanol–water partition coefficient (Wildman–Crippen LogP) is 5.28. The summed E-state index contributed by atoms with van der Waals surface area (Å²) < 4.78 is 21.5. The number of rotatable bonds is 9. The number of methoxy groups -OCH3 is 3. The Morgan fingerprint density at radius 3 is 2.29 bits per heavy atom. The van der Waals surface area contributed by atoms with Crippen LogP contribution in [0.4, 0.5) is 11.4 Å². The van der Waals surface area contributed by atoms with Gasteiger partial charge in [-0.25, -0.2) is 0 Å². The Labute approximate surface area is 202 Å². The van der Waals surface area contributed by atoms with Gasteiger partial charge in [-0.3, -0.25) is 9.59 Å². The normalized spacial score (nSPS) is 10.6. The van der Waals surface area contributed by atoms with E-state index in [2.05, 4.69) is 10.6 Å². The molecular weight excluding hydrogens is 448 g/mol. The second-order valence-electron chi connectivity index (χ2n) is 7.72. The summed E-state index contributed by atoms with van der Waals surface area (Å²) in [6, 6.07) is 19.7. The fourth-order valence-corrected chi connectivity index (χ4v) is 3.68. The molecule has 0 spiro atoms. The van der Waals surface area contributed by atoms with Crippen LogP contribution in [-0.2, 0) is 11.2 Å². The highest BCUT2D eigenvalue weighted by Gasteiger charge is 2.23. The average molecular weight is 475 g/mol. The lowest BCUT2D eigenvalue weighted by Gasteiger charge is -2.11. The number of carbonyl (C=O) groups excluding carboxylic acids is 2. The number of anilines is 2. The molecule has 2 amide bonds. The van der Waals surface area contributed by atoms with E-state index in [0.29, 0.717) is 40.3 Å². The Balaban J connectivity index is 1.53. The molecule has 0 atom stereocenters. The minimum absolute atomic E-state index is 0.0128. The zero-order chi connectivity index (χ0) is 24.8. The molecule has 1 aromatic heterocycles. The number of furan rings is 1. The first kappa shape index (κ1) is 23.7. The van der Waals surface area contributed by atoms with E-state index >= 15 is 0 Å². The highest BCUT2D eigenvalue weighted by molar-refractivity contribution is 6.14. The topological polar surface area (TPSA) is 99.0 Å². The largest absolute Gasteiger partial charge is 0.497 e. The van der Waals surface area contributed by atoms with E-state index in [1.807, 2.05) is 30.3 Å². The summed E-state index contributed by atoms with van der Waals surface area (Å²) in [7, 11) is 4.66.